The Morgan fingerprint density at radius 1 is 1.27 bits per heavy atom. The standard InChI is InChI=1S/C18H27N5O3/c1-13-19-15(21-20-13)10-16(24)23-8-4-18(5-9-23)11-14(26-17(18)25)12-22-6-2-3-7-22/h14H,2-12H2,1H3,(H,19,20,21). The van der Waals surface area contributed by atoms with Crippen LogP contribution in [0.2, 0.25) is 0 Å². The zero-order valence-electron chi connectivity index (χ0n) is 15.4. The predicted molar refractivity (Wildman–Crippen MR) is 93.2 cm³/mol. The number of nitrogens with zero attached hydrogens (tertiary/aromatic N) is 4. The van der Waals surface area contributed by atoms with Gasteiger partial charge in [0.05, 0.1) is 11.8 Å². The average Bonchev–Trinajstić information content (AvgIpc) is 3.32. The molecule has 3 aliphatic heterocycles. The Labute approximate surface area is 153 Å². The lowest BCUT2D eigenvalue weighted by Gasteiger charge is -2.36. The largest absolute Gasteiger partial charge is 0.461 e. The van der Waals surface area contributed by atoms with Crippen molar-refractivity contribution in [3.8, 4) is 0 Å². The molecule has 1 atom stereocenters. The highest BCUT2D eigenvalue weighted by molar-refractivity contribution is 5.81. The van der Waals surface area contributed by atoms with Crippen molar-refractivity contribution in [1.82, 2.24) is 25.0 Å². The molecule has 0 bridgehead atoms. The molecule has 142 valence electrons. The molecule has 3 fully saturated rings. The zero-order chi connectivity index (χ0) is 18.1. The number of aryl methyl sites for hydroxylation is 1. The van der Waals surface area contributed by atoms with E-state index >= 15 is 0 Å². The van der Waals surface area contributed by atoms with Crippen molar-refractivity contribution in [2.45, 2.75) is 51.6 Å². The van der Waals surface area contributed by atoms with E-state index < -0.39 is 0 Å². The maximum absolute atomic E-state index is 12.5. The number of aromatic nitrogens is 3. The molecule has 1 N–H and O–H groups in total. The molecule has 0 aliphatic carbocycles. The topological polar surface area (TPSA) is 91.4 Å². The molecule has 0 aromatic carbocycles. The van der Waals surface area contributed by atoms with Crippen LogP contribution in [0.15, 0.2) is 0 Å². The van der Waals surface area contributed by atoms with Crippen LogP contribution in [0.25, 0.3) is 0 Å². The molecule has 1 aromatic heterocycles. The number of ether oxygens (including phenoxy) is 1. The fraction of sp³-hybridized carbons (Fsp3) is 0.778. The van der Waals surface area contributed by atoms with E-state index in [0.717, 1.165) is 26.1 Å². The summed E-state index contributed by atoms with van der Waals surface area (Å²) >= 11 is 0. The number of esters is 1. The Kier molecular flexibility index (Phi) is 4.69. The summed E-state index contributed by atoms with van der Waals surface area (Å²) in [7, 11) is 0. The molecule has 0 radical (unpaired) electrons. The average molecular weight is 361 g/mol. The number of hydrogen-bond acceptors (Lipinski definition) is 6. The van der Waals surface area contributed by atoms with Crippen LogP contribution in [0.4, 0.5) is 0 Å². The summed E-state index contributed by atoms with van der Waals surface area (Å²) in [5.41, 5.74) is -0.387. The molecule has 1 amide bonds. The zero-order valence-corrected chi connectivity index (χ0v) is 15.4. The Hall–Kier alpha value is -1.96. The minimum absolute atomic E-state index is 0.0130. The van der Waals surface area contributed by atoms with E-state index in [0.29, 0.717) is 37.6 Å². The highest BCUT2D eigenvalue weighted by Gasteiger charge is 2.51. The SMILES string of the molecule is Cc1nc(CC(=O)N2CCC3(CC2)CC(CN2CCCC2)OC3=O)n[nH]1. The van der Waals surface area contributed by atoms with Gasteiger partial charge in [-0.05, 0) is 45.7 Å². The van der Waals surface area contributed by atoms with Crippen LogP contribution in [-0.2, 0) is 20.7 Å². The van der Waals surface area contributed by atoms with Gasteiger partial charge in [0, 0.05) is 26.1 Å². The fourth-order valence-corrected chi connectivity index (χ4v) is 4.50. The molecule has 3 saturated heterocycles. The van der Waals surface area contributed by atoms with Crippen molar-refractivity contribution in [2.24, 2.45) is 5.41 Å². The van der Waals surface area contributed by atoms with Crippen molar-refractivity contribution >= 4 is 11.9 Å². The Morgan fingerprint density at radius 3 is 2.65 bits per heavy atom. The summed E-state index contributed by atoms with van der Waals surface area (Å²) in [5, 5.41) is 6.79. The fourth-order valence-electron chi connectivity index (χ4n) is 4.50. The summed E-state index contributed by atoms with van der Waals surface area (Å²) in [5.74, 6) is 1.21. The molecule has 26 heavy (non-hydrogen) atoms. The van der Waals surface area contributed by atoms with Gasteiger partial charge < -0.3 is 9.64 Å². The van der Waals surface area contributed by atoms with Crippen molar-refractivity contribution < 1.29 is 14.3 Å². The Balaban J connectivity index is 1.30. The van der Waals surface area contributed by atoms with Crippen LogP contribution in [0, 0.1) is 12.3 Å². The number of rotatable bonds is 4. The van der Waals surface area contributed by atoms with Crippen LogP contribution in [0.3, 0.4) is 0 Å². The summed E-state index contributed by atoms with van der Waals surface area (Å²) in [4.78, 5) is 33.4. The Bertz CT molecular complexity index is 674. The number of nitrogens with one attached hydrogen (secondary N) is 1. The number of carbonyl (C=O) groups excluding carboxylic acids is 2. The number of likely N-dealkylation sites (tertiary alicyclic amines) is 2. The van der Waals surface area contributed by atoms with Gasteiger partial charge >= 0.3 is 5.97 Å². The van der Waals surface area contributed by atoms with E-state index in [1.54, 1.807) is 0 Å². The third-order valence-corrected chi connectivity index (χ3v) is 6.01. The van der Waals surface area contributed by atoms with E-state index in [9.17, 15) is 9.59 Å². The normalized spacial score (nSPS) is 25.8. The van der Waals surface area contributed by atoms with Crippen molar-refractivity contribution in [1.29, 1.82) is 0 Å². The summed E-state index contributed by atoms with van der Waals surface area (Å²) in [6, 6.07) is 0. The van der Waals surface area contributed by atoms with E-state index in [-0.39, 0.29) is 29.8 Å². The molecule has 4 heterocycles. The third kappa shape index (κ3) is 3.47. The number of cyclic esters (lactones) is 1. The smallest absolute Gasteiger partial charge is 0.312 e. The van der Waals surface area contributed by atoms with Crippen LogP contribution >= 0.6 is 0 Å². The van der Waals surface area contributed by atoms with Gasteiger partial charge in [0.15, 0.2) is 5.82 Å². The second kappa shape index (κ2) is 6.98. The molecule has 1 unspecified atom stereocenters. The van der Waals surface area contributed by atoms with Gasteiger partial charge in [0.1, 0.15) is 11.9 Å². The number of hydrogen-bond donors (Lipinski definition) is 1. The molecule has 3 aliphatic rings. The first-order chi connectivity index (χ1) is 12.5. The lowest BCUT2D eigenvalue weighted by Crippen LogP contribution is -2.45. The maximum atomic E-state index is 12.5. The van der Waals surface area contributed by atoms with Gasteiger partial charge in [-0.15, -0.1) is 0 Å². The predicted octanol–water partition coefficient (Wildman–Crippen LogP) is 0.676. The minimum atomic E-state index is -0.387. The lowest BCUT2D eigenvalue weighted by atomic mass is 9.76. The lowest BCUT2D eigenvalue weighted by molar-refractivity contribution is -0.152. The van der Waals surface area contributed by atoms with E-state index in [4.69, 9.17) is 4.74 Å². The van der Waals surface area contributed by atoms with Gasteiger partial charge in [0.2, 0.25) is 5.91 Å². The van der Waals surface area contributed by atoms with Crippen molar-refractivity contribution in [3.63, 3.8) is 0 Å². The Morgan fingerprint density at radius 2 is 2.00 bits per heavy atom. The molecule has 1 spiro atoms. The van der Waals surface area contributed by atoms with Gasteiger partial charge in [0.25, 0.3) is 0 Å². The molecule has 8 nitrogen and oxygen atoms in total. The highest BCUT2D eigenvalue weighted by Crippen LogP contribution is 2.43. The first kappa shape index (κ1) is 17.5. The molecule has 1 aromatic rings. The van der Waals surface area contributed by atoms with E-state index in [1.165, 1.54) is 12.8 Å². The number of piperidine rings is 1. The number of aromatic amines is 1. The van der Waals surface area contributed by atoms with E-state index in [1.807, 2.05) is 11.8 Å². The molecule has 4 rings (SSSR count). The van der Waals surface area contributed by atoms with Crippen LogP contribution in [0.1, 0.15) is 43.8 Å². The molecular weight excluding hydrogens is 334 g/mol. The van der Waals surface area contributed by atoms with Crippen LogP contribution in [-0.4, -0.2) is 75.7 Å². The third-order valence-electron chi connectivity index (χ3n) is 6.01. The summed E-state index contributed by atoms with van der Waals surface area (Å²) in [6.07, 6.45) is 4.89. The number of amides is 1. The summed E-state index contributed by atoms with van der Waals surface area (Å²) in [6.45, 7) is 6.12. The van der Waals surface area contributed by atoms with E-state index in [2.05, 4.69) is 20.1 Å². The van der Waals surface area contributed by atoms with Gasteiger partial charge in [-0.25, -0.2) is 4.98 Å². The van der Waals surface area contributed by atoms with Gasteiger partial charge in [-0.3, -0.25) is 19.6 Å². The number of carbonyl (C=O) groups is 2. The van der Waals surface area contributed by atoms with Gasteiger partial charge in [-0.2, -0.15) is 5.10 Å². The first-order valence-electron chi connectivity index (χ1n) is 9.63. The van der Waals surface area contributed by atoms with Crippen molar-refractivity contribution in [2.75, 3.05) is 32.7 Å². The monoisotopic (exact) mass is 361 g/mol. The molecule has 0 saturated carbocycles. The molecule has 8 heteroatoms. The second-order valence-corrected chi connectivity index (χ2v) is 7.91. The minimum Gasteiger partial charge on any atom is -0.461 e. The first-order valence-corrected chi connectivity index (χ1v) is 9.63. The summed E-state index contributed by atoms with van der Waals surface area (Å²) < 4.78 is 5.70. The van der Waals surface area contributed by atoms with Gasteiger partial charge in [-0.1, -0.05) is 0 Å². The number of H-pyrrole nitrogens is 1. The van der Waals surface area contributed by atoms with Crippen molar-refractivity contribution in [3.05, 3.63) is 11.6 Å². The molecular formula is C18H27N5O3. The maximum Gasteiger partial charge on any atom is 0.312 e. The quantitative estimate of drug-likeness (QED) is 0.793. The van der Waals surface area contributed by atoms with Crippen LogP contribution in [0.5, 0.6) is 0 Å². The highest BCUT2D eigenvalue weighted by atomic mass is 16.6. The second-order valence-electron chi connectivity index (χ2n) is 7.91. The van der Waals surface area contributed by atoms with Crippen LogP contribution < -0.4 is 0 Å².